The SMILES string of the molecule is CC(=O)Nc1cccc(Nc2cc(C(=O)Nc3ccccc3)ncn2)c1. The van der Waals surface area contributed by atoms with Crippen molar-refractivity contribution in [1.82, 2.24) is 9.97 Å². The highest BCUT2D eigenvalue weighted by Crippen LogP contribution is 2.19. The molecule has 1 heterocycles. The number of nitrogens with zero attached hydrogens (tertiary/aromatic N) is 2. The monoisotopic (exact) mass is 347 g/mol. The summed E-state index contributed by atoms with van der Waals surface area (Å²) in [5.41, 5.74) is 2.32. The zero-order valence-electron chi connectivity index (χ0n) is 14.1. The number of anilines is 4. The van der Waals surface area contributed by atoms with Crippen LogP contribution in [0.4, 0.5) is 22.9 Å². The van der Waals surface area contributed by atoms with E-state index in [1.165, 1.54) is 13.3 Å². The molecule has 0 atom stereocenters. The minimum Gasteiger partial charge on any atom is -0.340 e. The molecule has 0 aliphatic heterocycles. The maximum atomic E-state index is 12.3. The standard InChI is InChI=1S/C19H17N5O2/c1-13(25)22-15-8-5-9-16(10-15)23-18-11-17(20-12-21-18)19(26)24-14-6-3-2-4-7-14/h2-12H,1H3,(H,22,25)(H,24,26)(H,20,21,23). The largest absolute Gasteiger partial charge is 0.340 e. The molecule has 0 aliphatic carbocycles. The molecule has 0 aliphatic rings. The van der Waals surface area contributed by atoms with Gasteiger partial charge >= 0.3 is 0 Å². The molecule has 7 heteroatoms. The Morgan fingerprint density at radius 3 is 2.31 bits per heavy atom. The van der Waals surface area contributed by atoms with Gasteiger partial charge in [-0.3, -0.25) is 9.59 Å². The number of rotatable bonds is 5. The van der Waals surface area contributed by atoms with E-state index >= 15 is 0 Å². The Balaban J connectivity index is 1.73. The molecule has 3 rings (SSSR count). The maximum Gasteiger partial charge on any atom is 0.274 e. The Hall–Kier alpha value is -3.74. The van der Waals surface area contributed by atoms with Crippen molar-refractivity contribution in [3.8, 4) is 0 Å². The van der Waals surface area contributed by atoms with Crippen LogP contribution in [-0.4, -0.2) is 21.8 Å². The van der Waals surface area contributed by atoms with Crippen molar-refractivity contribution in [3.05, 3.63) is 72.7 Å². The molecular formula is C19H17N5O2. The number of carbonyl (C=O) groups excluding carboxylic acids is 2. The summed E-state index contributed by atoms with van der Waals surface area (Å²) in [6.07, 6.45) is 1.32. The Labute approximate surface area is 150 Å². The van der Waals surface area contributed by atoms with Crippen LogP contribution in [0.15, 0.2) is 67.0 Å². The van der Waals surface area contributed by atoms with Gasteiger partial charge in [0.15, 0.2) is 0 Å². The predicted octanol–water partition coefficient (Wildman–Crippen LogP) is 3.43. The third kappa shape index (κ3) is 4.64. The van der Waals surface area contributed by atoms with E-state index < -0.39 is 0 Å². The van der Waals surface area contributed by atoms with Crippen molar-refractivity contribution < 1.29 is 9.59 Å². The molecular weight excluding hydrogens is 330 g/mol. The maximum absolute atomic E-state index is 12.3. The molecule has 0 spiro atoms. The summed E-state index contributed by atoms with van der Waals surface area (Å²) in [6, 6.07) is 17.9. The Kier molecular flexibility index (Phi) is 5.19. The highest BCUT2D eigenvalue weighted by Gasteiger charge is 2.09. The molecule has 3 aromatic rings. The fourth-order valence-electron chi connectivity index (χ4n) is 2.29. The molecule has 0 saturated carbocycles. The van der Waals surface area contributed by atoms with Gasteiger partial charge in [-0.15, -0.1) is 0 Å². The quantitative estimate of drug-likeness (QED) is 0.657. The lowest BCUT2D eigenvalue weighted by atomic mass is 10.2. The highest BCUT2D eigenvalue weighted by atomic mass is 16.2. The Morgan fingerprint density at radius 2 is 1.54 bits per heavy atom. The lowest BCUT2D eigenvalue weighted by molar-refractivity contribution is -0.114. The summed E-state index contributed by atoms with van der Waals surface area (Å²) < 4.78 is 0. The van der Waals surface area contributed by atoms with Crippen LogP contribution in [0, 0.1) is 0 Å². The van der Waals surface area contributed by atoms with Crippen LogP contribution in [0.1, 0.15) is 17.4 Å². The Bertz CT molecular complexity index is 928. The van der Waals surface area contributed by atoms with Gasteiger partial charge in [-0.1, -0.05) is 24.3 Å². The zero-order valence-corrected chi connectivity index (χ0v) is 14.1. The molecule has 1 aromatic heterocycles. The van der Waals surface area contributed by atoms with E-state index in [1.54, 1.807) is 36.4 Å². The van der Waals surface area contributed by atoms with Crippen LogP contribution in [0.25, 0.3) is 0 Å². The van der Waals surface area contributed by atoms with E-state index in [9.17, 15) is 9.59 Å². The van der Waals surface area contributed by atoms with E-state index in [0.29, 0.717) is 17.2 Å². The van der Waals surface area contributed by atoms with Gasteiger partial charge in [-0.05, 0) is 30.3 Å². The van der Waals surface area contributed by atoms with Crippen molar-refractivity contribution in [1.29, 1.82) is 0 Å². The van der Waals surface area contributed by atoms with E-state index in [4.69, 9.17) is 0 Å². The van der Waals surface area contributed by atoms with Gasteiger partial charge in [0, 0.05) is 30.1 Å². The summed E-state index contributed by atoms with van der Waals surface area (Å²) in [4.78, 5) is 31.6. The molecule has 0 unspecified atom stereocenters. The fraction of sp³-hybridized carbons (Fsp3) is 0.0526. The van der Waals surface area contributed by atoms with Crippen molar-refractivity contribution in [2.24, 2.45) is 0 Å². The highest BCUT2D eigenvalue weighted by molar-refractivity contribution is 6.03. The summed E-state index contributed by atoms with van der Waals surface area (Å²) in [6.45, 7) is 1.45. The molecule has 2 aromatic carbocycles. The smallest absolute Gasteiger partial charge is 0.274 e. The van der Waals surface area contributed by atoms with Crippen LogP contribution in [0.2, 0.25) is 0 Å². The average Bonchev–Trinajstić information content (AvgIpc) is 2.62. The van der Waals surface area contributed by atoms with Crippen LogP contribution in [0.3, 0.4) is 0 Å². The first-order valence-electron chi connectivity index (χ1n) is 7.93. The van der Waals surface area contributed by atoms with Gasteiger partial charge in [-0.2, -0.15) is 0 Å². The average molecular weight is 347 g/mol. The molecule has 0 fully saturated rings. The fourth-order valence-corrected chi connectivity index (χ4v) is 2.29. The van der Waals surface area contributed by atoms with Crippen LogP contribution in [0.5, 0.6) is 0 Å². The summed E-state index contributed by atoms with van der Waals surface area (Å²) in [7, 11) is 0. The van der Waals surface area contributed by atoms with Gasteiger partial charge < -0.3 is 16.0 Å². The van der Waals surface area contributed by atoms with E-state index in [1.807, 2.05) is 24.3 Å². The number of hydrogen-bond acceptors (Lipinski definition) is 5. The van der Waals surface area contributed by atoms with Crippen LogP contribution < -0.4 is 16.0 Å². The topological polar surface area (TPSA) is 96.0 Å². The Morgan fingerprint density at radius 1 is 0.808 bits per heavy atom. The molecule has 0 saturated heterocycles. The number of hydrogen-bond donors (Lipinski definition) is 3. The van der Waals surface area contributed by atoms with E-state index in [-0.39, 0.29) is 17.5 Å². The van der Waals surface area contributed by atoms with Gasteiger partial charge in [-0.25, -0.2) is 9.97 Å². The number of para-hydroxylation sites is 1. The predicted molar refractivity (Wildman–Crippen MR) is 100 cm³/mol. The minimum absolute atomic E-state index is 0.149. The van der Waals surface area contributed by atoms with Gasteiger partial charge in [0.2, 0.25) is 5.91 Å². The number of carbonyl (C=O) groups is 2. The number of benzene rings is 2. The molecule has 0 radical (unpaired) electrons. The van der Waals surface area contributed by atoms with Gasteiger partial charge in [0.25, 0.3) is 5.91 Å². The van der Waals surface area contributed by atoms with Crippen molar-refractivity contribution >= 4 is 34.7 Å². The normalized spacial score (nSPS) is 10.0. The second kappa shape index (κ2) is 7.89. The summed E-state index contributed by atoms with van der Waals surface area (Å²) in [5.74, 6) is -0.00381. The lowest BCUT2D eigenvalue weighted by Crippen LogP contribution is -2.14. The first-order chi connectivity index (χ1) is 12.6. The van der Waals surface area contributed by atoms with Crippen LogP contribution in [-0.2, 0) is 4.79 Å². The van der Waals surface area contributed by atoms with E-state index in [2.05, 4.69) is 25.9 Å². The van der Waals surface area contributed by atoms with Crippen molar-refractivity contribution in [2.75, 3.05) is 16.0 Å². The number of nitrogens with one attached hydrogen (secondary N) is 3. The van der Waals surface area contributed by atoms with Crippen molar-refractivity contribution in [3.63, 3.8) is 0 Å². The summed E-state index contributed by atoms with van der Waals surface area (Å²) >= 11 is 0. The number of aromatic nitrogens is 2. The third-order valence-electron chi connectivity index (χ3n) is 3.39. The zero-order chi connectivity index (χ0) is 18.4. The third-order valence-corrected chi connectivity index (χ3v) is 3.39. The lowest BCUT2D eigenvalue weighted by Gasteiger charge is -2.09. The van der Waals surface area contributed by atoms with E-state index in [0.717, 1.165) is 5.69 Å². The molecule has 3 N–H and O–H groups in total. The molecule has 26 heavy (non-hydrogen) atoms. The summed E-state index contributed by atoms with van der Waals surface area (Å²) in [5, 5.41) is 8.58. The second-order valence-corrected chi connectivity index (χ2v) is 5.50. The number of amides is 2. The van der Waals surface area contributed by atoms with Crippen LogP contribution >= 0.6 is 0 Å². The second-order valence-electron chi connectivity index (χ2n) is 5.50. The minimum atomic E-state index is -0.325. The van der Waals surface area contributed by atoms with Gasteiger partial charge in [0.05, 0.1) is 0 Å². The molecule has 7 nitrogen and oxygen atoms in total. The first kappa shape index (κ1) is 17.1. The molecule has 0 bridgehead atoms. The first-order valence-corrected chi connectivity index (χ1v) is 7.93. The van der Waals surface area contributed by atoms with Gasteiger partial charge in [0.1, 0.15) is 17.8 Å². The molecule has 2 amide bonds. The van der Waals surface area contributed by atoms with Crippen molar-refractivity contribution in [2.45, 2.75) is 6.92 Å². The molecule has 130 valence electrons.